The summed E-state index contributed by atoms with van der Waals surface area (Å²) >= 11 is 0. The minimum atomic E-state index is 0.438. The van der Waals surface area contributed by atoms with Crippen molar-refractivity contribution >= 4 is 0 Å². The molecule has 0 aromatic rings. The first-order valence-electron chi connectivity index (χ1n) is 4.27. The summed E-state index contributed by atoms with van der Waals surface area (Å²) in [5.41, 5.74) is 0.535. The molecule has 54 valence electrons. The van der Waals surface area contributed by atoms with Crippen molar-refractivity contribution in [2.75, 3.05) is 0 Å². The molecule has 2 fully saturated rings. The monoisotopic (exact) mass is 135 g/mol. The summed E-state index contributed by atoms with van der Waals surface area (Å²) in [5.74, 6) is 0.438. The number of nitriles is 1. The van der Waals surface area contributed by atoms with E-state index in [4.69, 9.17) is 5.26 Å². The molecular formula is C9H13N. The van der Waals surface area contributed by atoms with Gasteiger partial charge >= 0.3 is 0 Å². The van der Waals surface area contributed by atoms with Gasteiger partial charge in [-0.2, -0.15) is 5.26 Å². The summed E-state index contributed by atoms with van der Waals surface area (Å²) in [7, 11) is 0. The summed E-state index contributed by atoms with van der Waals surface area (Å²) in [6.07, 6.45) is 8.04. The van der Waals surface area contributed by atoms with Crippen LogP contribution in [0.2, 0.25) is 0 Å². The highest BCUT2D eigenvalue weighted by Crippen LogP contribution is 2.60. The fraction of sp³-hybridized carbons (Fsp3) is 0.889. The molecule has 2 rings (SSSR count). The predicted octanol–water partition coefficient (Wildman–Crippen LogP) is 2.48. The Kier molecular flexibility index (Phi) is 1.23. The van der Waals surface area contributed by atoms with E-state index in [1.54, 1.807) is 0 Å². The summed E-state index contributed by atoms with van der Waals surface area (Å²) in [6.45, 7) is 0. The van der Waals surface area contributed by atoms with Crippen LogP contribution in [0, 0.1) is 22.7 Å². The second kappa shape index (κ2) is 1.99. The van der Waals surface area contributed by atoms with E-state index in [2.05, 4.69) is 6.07 Å². The molecule has 1 heteroatoms. The highest BCUT2D eigenvalue weighted by atomic mass is 14.6. The third kappa shape index (κ3) is 0.751. The van der Waals surface area contributed by atoms with E-state index in [0.717, 1.165) is 0 Å². The molecule has 0 aliphatic heterocycles. The topological polar surface area (TPSA) is 23.8 Å². The van der Waals surface area contributed by atoms with Gasteiger partial charge in [-0.05, 0) is 24.7 Å². The van der Waals surface area contributed by atoms with Crippen molar-refractivity contribution in [1.82, 2.24) is 0 Å². The Morgan fingerprint density at radius 2 is 1.90 bits per heavy atom. The van der Waals surface area contributed by atoms with Gasteiger partial charge in [0.05, 0.1) is 12.0 Å². The molecule has 0 aromatic heterocycles. The van der Waals surface area contributed by atoms with Crippen molar-refractivity contribution in [3.8, 4) is 6.07 Å². The largest absolute Gasteiger partial charge is 0.198 e. The number of hydrogen-bond donors (Lipinski definition) is 0. The molecule has 1 nitrogen and oxygen atoms in total. The fourth-order valence-electron chi connectivity index (χ4n) is 2.34. The van der Waals surface area contributed by atoms with Gasteiger partial charge in [-0.15, -0.1) is 0 Å². The lowest BCUT2D eigenvalue weighted by molar-refractivity contribution is 0.322. The minimum Gasteiger partial charge on any atom is -0.198 e. The Bertz CT molecular complexity index is 172. The van der Waals surface area contributed by atoms with E-state index >= 15 is 0 Å². The molecule has 0 amide bonds. The second-order valence-electron chi connectivity index (χ2n) is 3.81. The summed E-state index contributed by atoms with van der Waals surface area (Å²) in [5, 5.41) is 8.67. The first-order chi connectivity index (χ1) is 4.87. The van der Waals surface area contributed by atoms with Crippen molar-refractivity contribution < 1.29 is 0 Å². The first kappa shape index (κ1) is 6.22. The molecule has 10 heavy (non-hydrogen) atoms. The zero-order valence-electron chi connectivity index (χ0n) is 6.27. The van der Waals surface area contributed by atoms with E-state index in [1.807, 2.05) is 0 Å². The van der Waals surface area contributed by atoms with Crippen LogP contribution in [0.1, 0.15) is 38.5 Å². The maximum atomic E-state index is 8.67. The molecule has 0 aromatic carbocycles. The van der Waals surface area contributed by atoms with Gasteiger partial charge in [0.25, 0.3) is 0 Å². The lowest BCUT2D eigenvalue weighted by Gasteiger charge is -2.20. The quantitative estimate of drug-likeness (QED) is 0.500. The van der Waals surface area contributed by atoms with Gasteiger partial charge in [0.15, 0.2) is 0 Å². The number of nitrogens with zero attached hydrogens (tertiary/aromatic N) is 1. The van der Waals surface area contributed by atoms with Crippen molar-refractivity contribution in [3.05, 3.63) is 0 Å². The van der Waals surface area contributed by atoms with Crippen LogP contribution in [0.5, 0.6) is 0 Å². The van der Waals surface area contributed by atoms with Crippen molar-refractivity contribution in [3.63, 3.8) is 0 Å². The molecular weight excluding hydrogens is 122 g/mol. The average molecular weight is 135 g/mol. The van der Waals surface area contributed by atoms with Crippen LogP contribution in [0.25, 0.3) is 0 Å². The third-order valence-electron chi connectivity index (χ3n) is 3.19. The predicted molar refractivity (Wildman–Crippen MR) is 39.2 cm³/mol. The van der Waals surface area contributed by atoms with Gasteiger partial charge in [-0.3, -0.25) is 0 Å². The Morgan fingerprint density at radius 3 is 2.40 bits per heavy atom. The average Bonchev–Trinajstić information content (AvgIpc) is 2.65. The zero-order chi connectivity index (χ0) is 7.03. The molecule has 0 bridgehead atoms. The highest BCUT2D eigenvalue weighted by Gasteiger charge is 2.53. The van der Waals surface area contributed by atoms with Gasteiger partial charge in [-0.25, -0.2) is 0 Å². The minimum absolute atomic E-state index is 0.438. The summed E-state index contributed by atoms with van der Waals surface area (Å²) in [6, 6.07) is 2.40. The molecule has 0 saturated heterocycles. The van der Waals surface area contributed by atoms with Crippen molar-refractivity contribution in [2.45, 2.75) is 38.5 Å². The summed E-state index contributed by atoms with van der Waals surface area (Å²) in [4.78, 5) is 0. The van der Waals surface area contributed by atoms with Gasteiger partial charge in [0.2, 0.25) is 0 Å². The molecule has 1 spiro atoms. The van der Waals surface area contributed by atoms with Crippen LogP contribution in [-0.4, -0.2) is 0 Å². The molecule has 2 aliphatic rings. The molecule has 2 aliphatic carbocycles. The lowest BCUT2D eigenvalue weighted by Crippen LogP contribution is -2.08. The number of hydrogen-bond acceptors (Lipinski definition) is 1. The lowest BCUT2D eigenvalue weighted by atomic mass is 9.85. The smallest absolute Gasteiger partial charge is 0.0661 e. The molecule has 1 unspecified atom stereocenters. The highest BCUT2D eigenvalue weighted by molar-refractivity contribution is 5.12. The van der Waals surface area contributed by atoms with Gasteiger partial charge in [0.1, 0.15) is 0 Å². The van der Waals surface area contributed by atoms with Crippen LogP contribution >= 0.6 is 0 Å². The molecule has 2 saturated carbocycles. The Labute approximate surface area is 62.0 Å². The van der Waals surface area contributed by atoms with Crippen molar-refractivity contribution in [1.29, 1.82) is 5.26 Å². The van der Waals surface area contributed by atoms with Crippen LogP contribution in [0.4, 0.5) is 0 Å². The standard InChI is InChI=1S/C9H13N/c10-7-8-6-9(8)4-2-1-3-5-9/h8H,1-6H2. The van der Waals surface area contributed by atoms with Crippen LogP contribution in [0.3, 0.4) is 0 Å². The maximum Gasteiger partial charge on any atom is 0.0661 e. The third-order valence-corrected chi connectivity index (χ3v) is 3.19. The second-order valence-corrected chi connectivity index (χ2v) is 3.81. The summed E-state index contributed by atoms with van der Waals surface area (Å²) < 4.78 is 0. The van der Waals surface area contributed by atoms with E-state index in [-0.39, 0.29) is 0 Å². The van der Waals surface area contributed by atoms with Crippen molar-refractivity contribution in [2.24, 2.45) is 11.3 Å². The van der Waals surface area contributed by atoms with Crippen LogP contribution < -0.4 is 0 Å². The molecule has 0 radical (unpaired) electrons. The normalized spacial score (nSPS) is 35.3. The molecule has 1 atom stereocenters. The SMILES string of the molecule is N#CC1CC12CCCCC2. The number of rotatable bonds is 0. The van der Waals surface area contributed by atoms with Crippen LogP contribution in [-0.2, 0) is 0 Å². The molecule has 0 N–H and O–H groups in total. The van der Waals surface area contributed by atoms with Gasteiger partial charge in [0, 0.05) is 0 Å². The Balaban J connectivity index is 1.99. The van der Waals surface area contributed by atoms with E-state index in [1.165, 1.54) is 38.5 Å². The Morgan fingerprint density at radius 1 is 1.20 bits per heavy atom. The zero-order valence-corrected chi connectivity index (χ0v) is 6.27. The van der Waals surface area contributed by atoms with E-state index in [0.29, 0.717) is 11.3 Å². The van der Waals surface area contributed by atoms with E-state index in [9.17, 15) is 0 Å². The van der Waals surface area contributed by atoms with E-state index < -0.39 is 0 Å². The maximum absolute atomic E-state index is 8.67. The molecule has 0 heterocycles. The Hall–Kier alpha value is -0.510. The van der Waals surface area contributed by atoms with Gasteiger partial charge < -0.3 is 0 Å². The first-order valence-corrected chi connectivity index (χ1v) is 4.27. The fourth-order valence-corrected chi connectivity index (χ4v) is 2.34. The van der Waals surface area contributed by atoms with Gasteiger partial charge in [-0.1, -0.05) is 19.3 Å². The van der Waals surface area contributed by atoms with Crippen LogP contribution in [0.15, 0.2) is 0 Å².